The molecule has 0 spiro atoms. The van der Waals surface area contributed by atoms with E-state index < -0.39 is 12.4 Å². The minimum absolute atomic E-state index is 0.0252. The first kappa shape index (κ1) is 13.5. The van der Waals surface area contributed by atoms with Crippen molar-refractivity contribution in [3.63, 3.8) is 0 Å². The van der Waals surface area contributed by atoms with E-state index in [9.17, 15) is 13.6 Å². The molecule has 0 atom stereocenters. The molecule has 3 nitrogen and oxygen atoms in total. The monoisotopic (exact) mass is 357 g/mol. The van der Waals surface area contributed by atoms with E-state index in [1.807, 2.05) is 0 Å². The van der Waals surface area contributed by atoms with Crippen molar-refractivity contribution in [1.29, 1.82) is 0 Å². The van der Waals surface area contributed by atoms with Gasteiger partial charge in [-0.2, -0.15) is 0 Å². The molecule has 0 aromatic carbocycles. The quantitative estimate of drug-likeness (QED) is 0.472. The van der Waals surface area contributed by atoms with Gasteiger partial charge in [0.1, 0.15) is 4.60 Å². The van der Waals surface area contributed by atoms with E-state index in [0.717, 1.165) is 6.20 Å². The van der Waals surface area contributed by atoms with Crippen LogP contribution in [0.1, 0.15) is 27.9 Å². The lowest BCUT2D eigenvalue weighted by Crippen LogP contribution is -2.10. The predicted molar refractivity (Wildman–Crippen MR) is 60.9 cm³/mol. The summed E-state index contributed by atoms with van der Waals surface area (Å²) in [5.41, 5.74) is -0.0682. The maximum atomic E-state index is 12.7. The third kappa shape index (κ3) is 2.57. The smallest absolute Gasteiger partial charge is 0.340 e. The lowest BCUT2D eigenvalue weighted by atomic mass is 10.1. The highest BCUT2D eigenvalue weighted by molar-refractivity contribution is 9.10. The van der Waals surface area contributed by atoms with Crippen molar-refractivity contribution in [3.8, 4) is 0 Å². The molecule has 7 heteroatoms. The number of aromatic nitrogens is 1. The molecule has 0 aliphatic rings. The van der Waals surface area contributed by atoms with Crippen molar-refractivity contribution in [2.45, 2.75) is 11.8 Å². The largest absolute Gasteiger partial charge is 0.465 e. The van der Waals surface area contributed by atoms with Crippen molar-refractivity contribution in [2.75, 3.05) is 7.11 Å². The molecule has 0 N–H and O–H groups in total. The Morgan fingerprint density at radius 3 is 2.69 bits per heavy atom. The minimum Gasteiger partial charge on any atom is -0.465 e. The van der Waals surface area contributed by atoms with Crippen LogP contribution in [0.25, 0.3) is 0 Å². The molecule has 0 unspecified atom stereocenters. The Morgan fingerprint density at radius 2 is 2.25 bits per heavy atom. The molecule has 16 heavy (non-hydrogen) atoms. The minimum atomic E-state index is -2.68. The Kier molecular flexibility index (Phi) is 4.79. The lowest BCUT2D eigenvalue weighted by Gasteiger charge is -2.11. The number of hydrogen-bond acceptors (Lipinski definition) is 3. The van der Waals surface area contributed by atoms with Gasteiger partial charge in [-0.05, 0) is 21.5 Å². The maximum absolute atomic E-state index is 12.7. The summed E-state index contributed by atoms with van der Waals surface area (Å²) in [5.74, 6) is -0.698. The summed E-state index contributed by atoms with van der Waals surface area (Å²) in [6.07, 6.45) is -1.64. The third-order valence-electron chi connectivity index (χ3n) is 1.93. The van der Waals surface area contributed by atoms with Crippen molar-refractivity contribution in [3.05, 3.63) is 27.5 Å². The number of methoxy groups -OCH3 is 1. The average Bonchev–Trinajstić information content (AvgIpc) is 2.26. The zero-order valence-corrected chi connectivity index (χ0v) is 11.3. The van der Waals surface area contributed by atoms with E-state index in [4.69, 9.17) is 0 Å². The van der Waals surface area contributed by atoms with Crippen molar-refractivity contribution in [1.82, 2.24) is 4.98 Å². The average molecular weight is 359 g/mol. The highest BCUT2D eigenvalue weighted by Crippen LogP contribution is 2.30. The van der Waals surface area contributed by atoms with E-state index in [0.29, 0.717) is 0 Å². The first-order chi connectivity index (χ1) is 7.52. The van der Waals surface area contributed by atoms with E-state index in [1.165, 1.54) is 7.11 Å². The molecule has 0 amide bonds. The molecule has 0 radical (unpaired) electrons. The molecule has 0 aliphatic heterocycles. The van der Waals surface area contributed by atoms with Gasteiger partial charge >= 0.3 is 5.97 Å². The molecule has 0 aliphatic carbocycles. The highest BCUT2D eigenvalue weighted by atomic mass is 79.9. The molecular weight excluding hydrogens is 352 g/mol. The first-order valence-electron chi connectivity index (χ1n) is 4.12. The van der Waals surface area contributed by atoms with Crippen molar-refractivity contribution >= 4 is 37.8 Å². The molecule has 0 bridgehead atoms. The summed E-state index contributed by atoms with van der Waals surface area (Å²) >= 11 is 6.10. The second-order valence-corrected chi connectivity index (χ2v) is 4.10. The number of pyridine rings is 1. The summed E-state index contributed by atoms with van der Waals surface area (Å²) in [6, 6.07) is 0. The maximum Gasteiger partial charge on any atom is 0.340 e. The number of rotatable bonds is 3. The van der Waals surface area contributed by atoms with E-state index >= 15 is 0 Å². The number of esters is 1. The van der Waals surface area contributed by atoms with Crippen molar-refractivity contribution in [2.24, 2.45) is 0 Å². The van der Waals surface area contributed by atoms with Gasteiger partial charge < -0.3 is 4.74 Å². The standard InChI is InChI=1S/C9H7Br2F2NO2/c1-16-9(15)6-4(2-10)5(8(12)13)3-14-7(6)11/h3,8H,2H2,1H3. The number of halogens is 4. The molecule has 88 valence electrons. The van der Waals surface area contributed by atoms with Gasteiger partial charge in [-0.3, -0.25) is 0 Å². The van der Waals surface area contributed by atoms with Crippen LogP contribution in [0.3, 0.4) is 0 Å². The van der Waals surface area contributed by atoms with Gasteiger partial charge in [0.05, 0.1) is 12.7 Å². The fourth-order valence-electron chi connectivity index (χ4n) is 1.18. The molecular formula is C9H7Br2F2NO2. The van der Waals surface area contributed by atoms with Crippen LogP contribution in [0, 0.1) is 0 Å². The molecule has 0 saturated carbocycles. The number of nitrogens with zero attached hydrogens (tertiary/aromatic N) is 1. The van der Waals surface area contributed by atoms with Gasteiger partial charge in [-0.15, -0.1) is 0 Å². The number of alkyl halides is 3. The highest BCUT2D eigenvalue weighted by Gasteiger charge is 2.23. The van der Waals surface area contributed by atoms with Gasteiger partial charge in [0, 0.05) is 17.1 Å². The Morgan fingerprint density at radius 1 is 1.62 bits per heavy atom. The van der Waals surface area contributed by atoms with Crippen LogP contribution in [0.4, 0.5) is 8.78 Å². The fraction of sp³-hybridized carbons (Fsp3) is 0.333. The summed E-state index contributed by atoms with van der Waals surface area (Å²) in [6.45, 7) is 0. The number of carbonyl (C=O) groups is 1. The van der Waals surface area contributed by atoms with Crippen LogP contribution in [0.5, 0.6) is 0 Å². The summed E-state index contributed by atoms with van der Waals surface area (Å²) < 4.78 is 30.0. The van der Waals surface area contributed by atoms with E-state index in [2.05, 4.69) is 41.6 Å². The molecule has 0 fully saturated rings. The third-order valence-corrected chi connectivity index (χ3v) is 3.09. The summed E-state index contributed by atoms with van der Waals surface area (Å²) in [5, 5.41) is 0.123. The normalized spacial score (nSPS) is 10.6. The number of hydrogen-bond donors (Lipinski definition) is 0. The Balaban J connectivity index is 3.44. The second kappa shape index (κ2) is 5.67. The van der Waals surface area contributed by atoms with Gasteiger partial charge in [0.2, 0.25) is 0 Å². The zero-order valence-electron chi connectivity index (χ0n) is 8.14. The van der Waals surface area contributed by atoms with E-state index in [-0.39, 0.29) is 26.6 Å². The van der Waals surface area contributed by atoms with Crippen LogP contribution >= 0.6 is 31.9 Å². The van der Waals surface area contributed by atoms with Crippen LogP contribution in [0.2, 0.25) is 0 Å². The Hall–Kier alpha value is -0.560. The van der Waals surface area contributed by atoms with Crippen molar-refractivity contribution < 1.29 is 18.3 Å². The predicted octanol–water partition coefficient (Wildman–Crippen LogP) is 3.46. The van der Waals surface area contributed by atoms with Gasteiger partial charge in [0.15, 0.2) is 0 Å². The van der Waals surface area contributed by atoms with Crippen LogP contribution in [-0.4, -0.2) is 18.1 Å². The molecule has 1 heterocycles. The molecule has 1 aromatic rings. The summed E-state index contributed by atoms with van der Waals surface area (Å²) in [7, 11) is 1.18. The van der Waals surface area contributed by atoms with Crippen LogP contribution in [-0.2, 0) is 10.1 Å². The first-order valence-corrected chi connectivity index (χ1v) is 6.04. The Bertz CT molecular complexity index is 413. The topological polar surface area (TPSA) is 39.2 Å². The van der Waals surface area contributed by atoms with Gasteiger partial charge in [-0.1, -0.05) is 15.9 Å². The number of ether oxygens (including phenoxy) is 1. The molecule has 1 rings (SSSR count). The molecule has 0 saturated heterocycles. The van der Waals surface area contributed by atoms with E-state index in [1.54, 1.807) is 0 Å². The lowest BCUT2D eigenvalue weighted by molar-refractivity contribution is 0.0597. The molecule has 1 aromatic heterocycles. The van der Waals surface area contributed by atoms with Crippen LogP contribution < -0.4 is 0 Å². The van der Waals surface area contributed by atoms with Gasteiger partial charge in [-0.25, -0.2) is 18.6 Å². The number of carbonyl (C=O) groups excluding carboxylic acids is 1. The fourth-order valence-corrected chi connectivity index (χ4v) is 2.29. The zero-order chi connectivity index (χ0) is 12.3. The Labute approximate surface area is 107 Å². The van der Waals surface area contributed by atoms with Crippen LogP contribution in [0.15, 0.2) is 10.8 Å². The summed E-state index contributed by atoms with van der Waals surface area (Å²) in [4.78, 5) is 15.1. The SMILES string of the molecule is COC(=O)c1c(Br)ncc(C(F)F)c1CBr. The second-order valence-electron chi connectivity index (χ2n) is 2.78. The van der Waals surface area contributed by atoms with Gasteiger partial charge in [0.25, 0.3) is 6.43 Å².